The molecule has 0 aromatic rings. The van der Waals surface area contributed by atoms with Gasteiger partial charge >= 0.3 is 0 Å². The number of allylic oxidation sites excluding steroid dienone is 1. The maximum absolute atomic E-state index is 4.10. The van der Waals surface area contributed by atoms with Crippen LogP contribution in [-0.4, -0.2) is 43.0 Å². The number of hydrogen-bond donors (Lipinski definition) is 0. The lowest BCUT2D eigenvalue weighted by Gasteiger charge is -2.35. The van der Waals surface area contributed by atoms with Crippen LogP contribution in [0.25, 0.3) is 0 Å². The molecule has 2 heteroatoms. The van der Waals surface area contributed by atoms with Crippen molar-refractivity contribution in [2.24, 2.45) is 0 Å². The van der Waals surface area contributed by atoms with E-state index < -0.39 is 0 Å². The molecule has 70 valence electrons. The van der Waals surface area contributed by atoms with E-state index in [1.807, 2.05) is 0 Å². The van der Waals surface area contributed by atoms with Gasteiger partial charge in [-0.05, 0) is 13.5 Å². The van der Waals surface area contributed by atoms with E-state index in [2.05, 4.69) is 30.4 Å². The third-order valence-electron chi connectivity index (χ3n) is 2.49. The predicted octanol–water partition coefficient (Wildman–Crippen LogP) is 1.55. The number of likely N-dealkylation sites (N-methyl/N-ethyl adjacent to an activating group) is 1. The second-order valence-electron chi connectivity index (χ2n) is 3.61. The Morgan fingerprint density at radius 1 is 1.25 bits per heavy atom. The molecule has 1 heterocycles. The molecular formula is C10H20N2. The van der Waals surface area contributed by atoms with Crippen LogP contribution >= 0.6 is 0 Å². The predicted molar refractivity (Wildman–Crippen MR) is 53.1 cm³/mol. The van der Waals surface area contributed by atoms with Crippen LogP contribution in [0.15, 0.2) is 12.3 Å². The maximum Gasteiger partial charge on any atom is 0.0303 e. The molecule has 1 fully saturated rings. The monoisotopic (exact) mass is 168 g/mol. The van der Waals surface area contributed by atoms with Gasteiger partial charge in [-0.2, -0.15) is 0 Å². The Morgan fingerprint density at radius 3 is 2.33 bits per heavy atom. The Balaban J connectivity index is 2.29. The molecule has 2 nitrogen and oxygen atoms in total. The molecule has 1 saturated heterocycles. The Kier molecular flexibility index (Phi) is 3.60. The van der Waals surface area contributed by atoms with Crippen molar-refractivity contribution in [1.29, 1.82) is 0 Å². The average molecular weight is 168 g/mol. The normalized spacial score (nSPS) is 19.7. The van der Waals surface area contributed by atoms with Crippen molar-refractivity contribution < 1.29 is 0 Å². The van der Waals surface area contributed by atoms with Crippen molar-refractivity contribution >= 4 is 0 Å². The van der Waals surface area contributed by atoms with E-state index in [0.29, 0.717) is 0 Å². The molecule has 0 aromatic heterocycles. The van der Waals surface area contributed by atoms with Gasteiger partial charge in [0.2, 0.25) is 0 Å². The minimum absolute atomic E-state index is 1.16. The third kappa shape index (κ3) is 2.52. The Labute approximate surface area is 75.8 Å². The highest BCUT2D eigenvalue weighted by Gasteiger charge is 2.13. The summed E-state index contributed by atoms with van der Waals surface area (Å²) >= 11 is 0. The van der Waals surface area contributed by atoms with E-state index in [1.165, 1.54) is 25.2 Å². The Bertz CT molecular complexity index is 146. The van der Waals surface area contributed by atoms with E-state index >= 15 is 0 Å². The highest BCUT2D eigenvalue weighted by atomic mass is 15.2. The molecule has 0 aromatic carbocycles. The van der Waals surface area contributed by atoms with Crippen molar-refractivity contribution in [2.75, 3.05) is 33.2 Å². The standard InChI is InChI=1S/C10H20N2/c1-4-5-10(2)12-8-6-11(3)7-9-12/h2,4-9H2,1,3H3. The van der Waals surface area contributed by atoms with Gasteiger partial charge in [0.1, 0.15) is 0 Å². The Hall–Kier alpha value is -0.500. The minimum atomic E-state index is 1.16. The highest BCUT2D eigenvalue weighted by Crippen LogP contribution is 2.11. The van der Waals surface area contributed by atoms with E-state index in [0.717, 1.165) is 19.5 Å². The van der Waals surface area contributed by atoms with Crippen LogP contribution in [0, 0.1) is 0 Å². The fourth-order valence-electron chi connectivity index (χ4n) is 1.57. The fourth-order valence-corrected chi connectivity index (χ4v) is 1.57. The van der Waals surface area contributed by atoms with Gasteiger partial charge in [-0.3, -0.25) is 0 Å². The lowest BCUT2D eigenvalue weighted by Crippen LogP contribution is -2.43. The average Bonchev–Trinajstić information content (AvgIpc) is 2.06. The maximum atomic E-state index is 4.10. The highest BCUT2D eigenvalue weighted by molar-refractivity contribution is 4.95. The molecule has 0 radical (unpaired) electrons. The molecule has 0 amide bonds. The van der Waals surface area contributed by atoms with E-state index in [-0.39, 0.29) is 0 Å². The van der Waals surface area contributed by atoms with E-state index in [1.54, 1.807) is 0 Å². The van der Waals surface area contributed by atoms with Crippen LogP contribution < -0.4 is 0 Å². The van der Waals surface area contributed by atoms with Gasteiger partial charge in [0.25, 0.3) is 0 Å². The molecule has 1 rings (SSSR count). The van der Waals surface area contributed by atoms with Crippen LogP contribution in [0.2, 0.25) is 0 Å². The van der Waals surface area contributed by atoms with Crippen LogP contribution in [0.5, 0.6) is 0 Å². The largest absolute Gasteiger partial charge is 0.373 e. The van der Waals surface area contributed by atoms with Crippen LogP contribution in [0.3, 0.4) is 0 Å². The summed E-state index contributed by atoms with van der Waals surface area (Å²) in [5.41, 5.74) is 1.32. The lowest BCUT2D eigenvalue weighted by molar-refractivity contribution is 0.183. The molecule has 0 aliphatic carbocycles. The smallest absolute Gasteiger partial charge is 0.0303 e. The second kappa shape index (κ2) is 4.51. The van der Waals surface area contributed by atoms with E-state index in [4.69, 9.17) is 0 Å². The number of rotatable bonds is 3. The SMILES string of the molecule is C=C(CCC)N1CCN(C)CC1. The van der Waals surface area contributed by atoms with Crippen molar-refractivity contribution in [2.45, 2.75) is 19.8 Å². The molecule has 0 unspecified atom stereocenters. The van der Waals surface area contributed by atoms with Crippen molar-refractivity contribution in [3.63, 3.8) is 0 Å². The molecule has 12 heavy (non-hydrogen) atoms. The third-order valence-corrected chi connectivity index (χ3v) is 2.49. The first kappa shape index (κ1) is 9.59. The van der Waals surface area contributed by atoms with Gasteiger partial charge in [-0.15, -0.1) is 0 Å². The van der Waals surface area contributed by atoms with Crippen LogP contribution in [0.4, 0.5) is 0 Å². The summed E-state index contributed by atoms with van der Waals surface area (Å²) in [5.74, 6) is 0. The molecule has 1 aliphatic heterocycles. The number of hydrogen-bond acceptors (Lipinski definition) is 2. The van der Waals surface area contributed by atoms with Crippen molar-refractivity contribution in [1.82, 2.24) is 9.80 Å². The van der Waals surface area contributed by atoms with Crippen molar-refractivity contribution in [3.05, 3.63) is 12.3 Å². The first-order valence-corrected chi connectivity index (χ1v) is 4.85. The Morgan fingerprint density at radius 2 is 1.83 bits per heavy atom. The quantitative estimate of drug-likeness (QED) is 0.631. The second-order valence-corrected chi connectivity index (χ2v) is 3.61. The zero-order chi connectivity index (χ0) is 8.97. The van der Waals surface area contributed by atoms with Gasteiger partial charge in [-0.1, -0.05) is 19.9 Å². The summed E-state index contributed by atoms with van der Waals surface area (Å²) in [6.45, 7) is 11.0. The van der Waals surface area contributed by atoms with Gasteiger partial charge in [0.05, 0.1) is 0 Å². The lowest BCUT2D eigenvalue weighted by atomic mass is 10.2. The molecule has 0 spiro atoms. The molecule has 0 bridgehead atoms. The summed E-state index contributed by atoms with van der Waals surface area (Å²) in [5, 5.41) is 0. The van der Waals surface area contributed by atoms with Crippen molar-refractivity contribution in [3.8, 4) is 0 Å². The molecule has 0 saturated carbocycles. The van der Waals surface area contributed by atoms with E-state index in [9.17, 15) is 0 Å². The topological polar surface area (TPSA) is 6.48 Å². The molecule has 0 atom stereocenters. The summed E-state index contributed by atoms with van der Waals surface area (Å²) in [7, 11) is 2.18. The van der Waals surface area contributed by atoms with Gasteiger partial charge in [-0.25, -0.2) is 0 Å². The minimum Gasteiger partial charge on any atom is -0.373 e. The zero-order valence-corrected chi connectivity index (χ0v) is 8.34. The first-order chi connectivity index (χ1) is 5.74. The van der Waals surface area contributed by atoms with Gasteiger partial charge in [0.15, 0.2) is 0 Å². The van der Waals surface area contributed by atoms with Crippen LogP contribution in [0.1, 0.15) is 19.8 Å². The number of nitrogens with zero attached hydrogens (tertiary/aromatic N) is 2. The molecule has 0 N–H and O–H groups in total. The number of piperazine rings is 1. The first-order valence-electron chi connectivity index (χ1n) is 4.85. The summed E-state index contributed by atoms with van der Waals surface area (Å²) < 4.78 is 0. The van der Waals surface area contributed by atoms with Gasteiger partial charge < -0.3 is 9.80 Å². The summed E-state index contributed by atoms with van der Waals surface area (Å²) in [4.78, 5) is 4.79. The fraction of sp³-hybridized carbons (Fsp3) is 0.800. The molecule has 1 aliphatic rings. The van der Waals surface area contributed by atoms with Crippen LogP contribution in [-0.2, 0) is 0 Å². The molecular weight excluding hydrogens is 148 g/mol. The zero-order valence-electron chi connectivity index (χ0n) is 8.34. The summed E-state index contributed by atoms with van der Waals surface area (Å²) in [6.07, 6.45) is 2.37. The van der Waals surface area contributed by atoms with Gasteiger partial charge in [0, 0.05) is 31.9 Å². The summed E-state index contributed by atoms with van der Waals surface area (Å²) in [6, 6.07) is 0.